The Kier molecular flexibility index (Phi) is 6.79. The Morgan fingerprint density at radius 3 is 2.56 bits per heavy atom. The maximum atomic E-state index is 12.2. The molecule has 1 heterocycles. The molecule has 7 heteroatoms. The van der Waals surface area contributed by atoms with Crippen LogP contribution >= 0.6 is 23.2 Å². The molecule has 0 aliphatic heterocycles. The first-order chi connectivity index (χ1) is 11.9. The molecule has 1 aromatic heterocycles. The Hall–Kier alpha value is -2.11. The van der Waals surface area contributed by atoms with Crippen LogP contribution in [-0.2, 0) is 6.42 Å². The van der Waals surface area contributed by atoms with Crippen LogP contribution in [0, 0.1) is 0 Å². The minimum Gasteiger partial charge on any atom is -0.350 e. The fourth-order valence-electron chi connectivity index (χ4n) is 2.17. The van der Waals surface area contributed by atoms with Gasteiger partial charge in [-0.3, -0.25) is 14.6 Å². The highest BCUT2D eigenvalue weighted by Crippen LogP contribution is 2.21. The molecule has 0 saturated carbocycles. The van der Waals surface area contributed by atoms with Crippen LogP contribution in [0.1, 0.15) is 40.3 Å². The smallest absolute Gasteiger partial charge is 0.269 e. The molecule has 0 spiro atoms. The zero-order chi connectivity index (χ0) is 18.4. The highest BCUT2D eigenvalue weighted by Gasteiger charge is 2.12. The van der Waals surface area contributed by atoms with Gasteiger partial charge in [0.1, 0.15) is 5.69 Å². The van der Waals surface area contributed by atoms with Crippen LogP contribution in [0.3, 0.4) is 0 Å². The van der Waals surface area contributed by atoms with Crippen molar-refractivity contribution in [2.75, 3.05) is 6.54 Å². The number of halogens is 2. The van der Waals surface area contributed by atoms with Gasteiger partial charge in [0.05, 0.1) is 0 Å². The zero-order valence-electron chi connectivity index (χ0n) is 14.0. The molecular weight excluding hydrogens is 361 g/mol. The van der Waals surface area contributed by atoms with Crippen molar-refractivity contribution >= 4 is 35.0 Å². The molecule has 0 saturated heterocycles. The molecule has 2 amide bonds. The van der Waals surface area contributed by atoms with Crippen LogP contribution in [0.15, 0.2) is 36.5 Å². The Morgan fingerprint density at radius 1 is 1.12 bits per heavy atom. The van der Waals surface area contributed by atoms with Gasteiger partial charge in [0.25, 0.3) is 11.8 Å². The summed E-state index contributed by atoms with van der Waals surface area (Å²) in [5, 5.41) is 6.68. The Labute approximate surface area is 156 Å². The number of rotatable bonds is 6. The molecule has 2 N–H and O–H groups in total. The van der Waals surface area contributed by atoms with E-state index in [9.17, 15) is 9.59 Å². The van der Waals surface area contributed by atoms with Crippen molar-refractivity contribution in [3.63, 3.8) is 0 Å². The lowest BCUT2D eigenvalue weighted by Crippen LogP contribution is -2.31. The summed E-state index contributed by atoms with van der Waals surface area (Å²) in [5.74, 6) is -0.580. The number of hydrogen-bond donors (Lipinski definition) is 2. The molecule has 132 valence electrons. The number of aromatic nitrogens is 1. The number of benzene rings is 1. The van der Waals surface area contributed by atoms with Crippen molar-refractivity contribution in [3.05, 3.63) is 63.4 Å². The van der Waals surface area contributed by atoms with E-state index in [1.807, 2.05) is 19.9 Å². The Bertz CT molecular complexity index is 779. The summed E-state index contributed by atoms with van der Waals surface area (Å²) in [7, 11) is 0. The molecular formula is C18H19Cl2N3O2. The number of pyridine rings is 1. The van der Waals surface area contributed by atoms with E-state index in [4.69, 9.17) is 23.2 Å². The molecule has 0 aliphatic rings. The number of hydrogen-bond acceptors (Lipinski definition) is 3. The van der Waals surface area contributed by atoms with E-state index >= 15 is 0 Å². The summed E-state index contributed by atoms with van der Waals surface area (Å²) in [6.07, 6.45) is 2.01. The minimum absolute atomic E-state index is 0.0158. The van der Waals surface area contributed by atoms with E-state index in [0.29, 0.717) is 28.6 Å². The second-order valence-corrected chi connectivity index (χ2v) is 6.64. The summed E-state index contributed by atoms with van der Waals surface area (Å²) in [5.41, 5.74) is 1.48. The van der Waals surface area contributed by atoms with Crippen LogP contribution in [0.25, 0.3) is 0 Å². The normalized spacial score (nSPS) is 10.6. The van der Waals surface area contributed by atoms with E-state index in [2.05, 4.69) is 15.6 Å². The van der Waals surface area contributed by atoms with Crippen molar-refractivity contribution < 1.29 is 9.59 Å². The molecule has 0 fully saturated rings. The minimum atomic E-state index is -0.343. The highest BCUT2D eigenvalue weighted by atomic mass is 35.5. The van der Waals surface area contributed by atoms with Crippen molar-refractivity contribution in [2.45, 2.75) is 26.3 Å². The molecule has 0 atom stereocenters. The summed E-state index contributed by atoms with van der Waals surface area (Å²) in [4.78, 5) is 28.2. The molecule has 0 bridgehead atoms. The second-order valence-electron chi connectivity index (χ2n) is 5.80. The number of carbonyl (C=O) groups excluding carboxylic acids is 2. The predicted octanol–water partition coefficient (Wildman–Crippen LogP) is 3.50. The average molecular weight is 380 g/mol. The summed E-state index contributed by atoms with van der Waals surface area (Å²) in [6.45, 7) is 4.13. The zero-order valence-corrected chi connectivity index (χ0v) is 15.5. The standard InChI is InChI=1S/C18H19Cl2N3O2/c1-11(2)23-17(24)13-6-7-21-16(9-13)18(25)22-8-5-12-3-4-14(19)10-15(12)20/h3-4,6-7,9-11H,5,8H2,1-2H3,(H,22,25)(H,23,24). The number of nitrogens with zero attached hydrogens (tertiary/aromatic N) is 1. The quantitative estimate of drug-likeness (QED) is 0.806. The van der Waals surface area contributed by atoms with E-state index in [1.54, 1.807) is 18.2 Å². The summed E-state index contributed by atoms with van der Waals surface area (Å²) in [6, 6.07) is 8.31. The molecule has 0 radical (unpaired) electrons. The van der Waals surface area contributed by atoms with Crippen molar-refractivity contribution in [2.24, 2.45) is 0 Å². The van der Waals surface area contributed by atoms with Gasteiger partial charge in [-0.2, -0.15) is 0 Å². The largest absolute Gasteiger partial charge is 0.350 e. The van der Waals surface area contributed by atoms with E-state index in [0.717, 1.165) is 5.56 Å². The first-order valence-corrected chi connectivity index (χ1v) is 8.61. The lowest BCUT2D eigenvalue weighted by atomic mass is 10.1. The summed E-state index contributed by atoms with van der Waals surface area (Å²) >= 11 is 12.0. The molecule has 2 aromatic rings. The van der Waals surface area contributed by atoms with Gasteiger partial charge in [-0.15, -0.1) is 0 Å². The SMILES string of the molecule is CC(C)NC(=O)c1ccnc(C(=O)NCCc2ccc(Cl)cc2Cl)c1. The average Bonchev–Trinajstić information content (AvgIpc) is 2.56. The fourth-order valence-corrected chi connectivity index (χ4v) is 2.67. The molecule has 25 heavy (non-hydrogen) atoms. The lowest BCUT2D eigenvalue weighted by Gasteiger charge is -2.09. The predicted molar refractivity (Wildman–Crippen MR) is 99.3 cm³/mol. The van der Waals surface area contributed by atoms with Crippen LogP contribution in [0.5, 0.6) is 0 Å². The monoisotopic (exact) mass is 379 g/mol. The van der Waals surface area contributed by atoms with Crippen LogP contribution in [0.4, 0.5) is 0 Å². The van der Waals surface area contributed by atoms with Gasteiger partial charge in [0.15, 0.2) is 0 Å². The van der Waals surface area contributed by atoms with Crippen LogP contribution in [0.2, 0.25) is 10.0 Å². The van der Waals surface area contributed by atoms with E-state index in [-0.39, 0.29) is 23.6 Å². The topological polar surface area (TPSA) is 71.1 Å². The van der Waals surface area contributed by atoms with Gasteiger partial charge in [-0.25, -0.2) is 0 Å². The number of nitrogens with one attached hydrogen (secondary N) is 2. The lowest BCUT2D eigenvalue weighted by molar-refractivity contribution is 0.0943. The molecule has 2 rings (SSSR count). The third-order valence-corrected chi connectivity index (χ3v) is 3.96. The van der Waals surface area contributed by atoms with Gasteiger partial charge in [-0.1, -0.05) is 29.3 Å². The van der Waals surface area contributed by atoms with E-state index < -0.39 is 0 Å². The molecule has 0 aliphatic carbocycles. The molecule has 1 aromatic carbocycles. The third-order valence-electron chi connectivity index (χ3n) is 3.37. The first kappa shape index (κ1) is 19.2. The Morgan fingerprint density at radius 2 is 1.88 bits per heavy atom. The van der Waals surface area contributed by atoms with Gasteiger partial charge in [0, 0.05) is 34.4 Å². The van der Waals surface area contributed by atoms with Crippen LogP contribution < -0.4 is 10.6 Å². The van der Waals surface area contributed by atoms with Crippen molar-refractivity contribution in [1.29, 1.82) is 0 Å². The first-order valence-electron chi connectivity index (χ1n) is 7.86. The van der Waals surface area contributed by atoms with Crippen molar-refractivity contribution in [1.82, 2.24) is 15.6 Å². The maximum absolute atomic E-state index is 12.2. The van der Waals surface area contributed by atoms with Crippen LogP contribution in [-0.4, -0.2) is 29.4 Å². The third kappa shape index (κ3) is 5.73. The van der Waals surface area contributed by atoms with Gasteiger partial charge in [0.2, 0.25) is 0 Å². The molecule has 5 nitrogen and oxygen atoms in total. The summed E-state index contributed by atoms with van der Waals surface area (Å²) < 4.78 is 0. The highest BCUT2D eigenvalue weighted by molar-refractivity contribution is 6.35. The van der Waals surface area contributed by atoms with Gasteiger partial charge in [-0.05, 0) is 50.1 Å². The number of carbonyl (C=O) groups is 2. The number of amides is 2. The fraction of sp³-hybridized carbons (Fsp3) is 0.278. The van der Waals surface area contributed by atoms with Gasteiger partial charge < -0.3 is 10.6 Å². The second kappa shape index (κ2) is 8.83. The van der Waals surface area contributed by atoms with Crippen molar-refractivity contribution in [3.8, 4) is 0 Å². The van der Waals surface area contributed by atoms with E-state index in [1.165, 1.54) is 12.3 Å². The molecule has 0 unspecified atom stereocenters. The van der Waals surface area contributed by atoms with Gasteiger partial charge >= 0.3 is 0 Å². The maximum Gasteiger partial charge on any atom is 0.269 e. The Balaban J connectivity index is 1.95.